The van der Waals surface area contributed by atoms with E-state index in [-0.39, 0.29) is 5.82 Å². The number of nitrogens with one attached hydrogen (secondary N) is 1. The maximum atomic E-state index is 13.2. The lowest BCUT2D eigenvalue weighted by molar-refractivity contribution is 0.616. The highest BCUT2D eigenvalue weighted by molar-refractivity contribution is 5.51. The number of anilines is 1. The van der Waals surface area contributed by atoms with Crippen LogP contribution in [0, 0.1) is 12.7 Å². The lowest BCUT2D eigenvalue weighted by Gasteiger charge is -2.18. The molecule has 0 bridgehead atoms. The molecule has 0 unspecified atom stereocenters. The van der Waals surface area contributed by atoms with Crippen LogP contribution in [0.3, 0.4) is 0 Å². The third kappa shape index (κ3) is 2.47. The Morgan fingerprint density at radius 1 is 1.29 bits per heavy atom. The van der Waals surface area contributed by atoms with Crippen LogP contribution in [0.4, 0.5) is 10.1 Å². The molecule has 0 saturated carbocycles. The summed E-state index contributed by atoms with van der Waals surface area (Å²) in [6.07, 6.45) is 2.12. The normalized spacial score (nSPS) is 10.6. The molecule has 1 N–H and O–H groups in total. The molecule has 0 amide bonds. The zero-order chi connectivity index (χ0) is 10.6. The summed E-state index contributed by atoms with van der Waals surface area (Å²) in [6, 6.07) is 5.60. The first-order valence-corrected chi connectivity index (χ1v) is 5.20. The summed E-state index contributed by atoms with van der Waals surface area (Å²) in [5.74, 6) is -0.138. The molecule has 0 aliphatic rings. The van der Waals surface area contributed by atoms with E-state index >= 15 is 0 Å². The van der Waals surface area contributed by atoms with Crippen molar-refractivity contribution in [3.8, 4) is 0 Å². The smallest absolute Gasteiger partial charge is 0.128 e. The molecule has 1 nitrogen and oxygen atoms in total. The van der Waals surface area contributed by atoms with Gasteiger partial charge in [0.05, 0.1) is 0 Å². The summed E-state index contributed by atoms with van der Waals surface area (Å²) >= 11 is 0. The number of hydrogen-bond acceptors (Lipinski definition) is 1. The average molecular weight is 195 g/mol. The molecule has 2 heteroatoms. The SMILES string of the molecule is CCC(CC)Nc1cccc(F)c1C. The van der Waals surface area contributed by atoms with Gasteiger partial charge in [-0.25, -0.2) is 4.39 Å². The van der Waals surface area contributed by atoms with Gasteiger partial charge in [-0.3, -0.25) is 0 Å². The van der Waals surface area contributed by atoms with E-state index in [0.717, 1.165) is 18.5 Å². The van der Waals surface area contributed by atoms with Gasteiger partial charge in [-0.05, 0) is 31.9 Å². The predicted molar refractivity (Wildman–Crippen MR) is 59.1 cm³/mol. The van der Waals surface area contributed by atoms with E-state index in [4.69, 9.17) is 0 Å². The van der Waals surface area contributed by atoms with Crippen molar-refractivity contribution in [3.63, 3.8) is 0 Å². The summed E-state index contributed by atoms with van der Waals surface area (Å²) < 4.78 is 13.2. The third-order valence-electron chi connectivity index (χ3n) is 2.61. The van der Waals surface area contributed by atoms with E-state index in [0.29, 0.717) is 11.6 Å². The average Bonchev–Trinajstić information content (AvgIpc) is 2.20. The second kappa shape index (κ2) is 4.99. The maximum absolute atomic E-state index is 13.2. The zero-order valence-corrected chi connectivity index (χ0v) is 9.10. The van der Waals surface area contributed by atoms with E-state index in [1.54, 1.807) is 13.0 Å². The fraction of sp³-hybridized carbons (Fsp3) is 0.500. The molecular weight excluding hydrogens is 177 g/mol. The van der Waals surface area contributed by atoms with Crippen LogP contribution in [-0.2, 0) is 0 Å². The predicted octanol–water partition coefficient (Wildman–Crippen LogP) is 3.73. The van der Waals surface area contributed by atoms with Gasteiger partial charge < -0.3 is 5.32 Å². The largest absolute Gasteiger partial charge is 0.382 e. The van der Waals surface area contributed by atoms with Crippen LogP contribution in [0.2, 0.25) is 0 Å². The van der Waals surface area contributed by atoms with Crippen LogP contribution >= 0.6 is 0 Å². The molecule has 78 valence electrons. The van der Waals surface area contributed by atoms with Gasteiger partial charge in [-0.15, -0.1) is 0 Å². The van der Waals surface area contributed by atoms with Crippen LogP contribution in [0.1, 0.15) is 32.3 Å². The minimum absolute atomic E-state index is 0.138. The summed E-state index contributed by atoms with van der Waals surface area (Å²) in [5, 5.41) is 3.35. The molecular formula is C12H18FN. The van der Waals surface area contributed by atoms with E-state index in [1.807, 2.05) is 6.07 Å². The quantitative estimate of drug-likeness (QED) is 0.771. The fourth-order valence-corrected chi connectivity index (χ4v) is 1.48. The van der Waals surface area contributed by atoms with Gasteiger partial charge in [0, 0.05) is 17.3 Å². The number of halogens is 1. The Morgan fingerprint density at radius 2 is 1.93 bits per heavy atom. The van der Waals surface area contributed by atoms with Crippen LogP contribution in [0.15, 0.2) is 18.2 Å². The molecule has 0 spiro atoms. The Bertz CT molecular complexity index is 292. The molecule has 0 aromatic heterocycles. The summed E-state index contributed by atoms with van der Waals surface area (Å²) in [5.41, 5.74) is 1.62. The molecule has 0 aliphatic heterocycles. The standard InChI is InChI=1S/C12H18FN/c1-4-10(5-2)14-12-8-6-7-11(13)9(12)3/h6-8,10,14H,4-5H2,1-3H3. The molecule has 0 fully saturated rings. The van der Waals surface area contributed by atoms with Crippen molar-refractivity contribution >= 4 is 5.69 Å². The monoisotopic (exact) mass is 195 g/mol. The van der Waals surface area contributed by atoms with Gasteiger partial charge in [0.15, 0.2) is 0 Å². The van der Waals surface area contributed by atoms with Gasteiger partial charge in [0.2, 0.25) is 0 Å². The van der Waals surface area contributed by atoms with Crippen LogP contribution < -0.4 is 5.32 Å². The molecule has 0 radical (unpaired) electrons. The highest BCUT2D eigenvalue weighted by atomic mass is 19.1. The third-order valence-corrected chi connectivity index (χ3v) is 2.61. The first kappa shape index (κ1) is 11.0. The summed E-state index contributed by atoms with van der Waals surface area (Å²) in [4.78, 5) is 0. The van der Waals surface area contributed by atoms with Crippen molar-refractivity contribution in [2.75, 3.05) is 5.32 Å². The van der Waals surface area contributed by atoms with Gasteiger partial charge in [-0.1, -0.05) is 19.9 Å². The van der Waals surface area contributed by atoms with Crippen molar-refractivity contribution in [3.05, 3.63) is 29.6 Å². The minimum Gasteiger partial charge on any atom is -0.382 e. The van der Waals surface area contributed by atoms with Gasteiger partial charge in [0.1, 0.15) is 5.82 Å². The van der Waals surface area contributed by atoms with Gasteiger partial charge in [0.25, 0.3) is 0 Å². The van der Waals surface area contributed by atoms with Crippen molar-refractivity contribution in [1.29, 1.82) is 0 Å². The van der Waals surface area contributed by atoms with E-state index < -0.39 is 0 Å². The van der Waals surface area contributed by atoms with Crippen molar-refractivity contribution < 1.29 is 4.39 Å². The van der Waals surface area contributed by atoms with Gasteiger partial charge >= 0.3 is 0 Å². The molecule has 0 heterocycles. The van der Waals surface area contributed by atoms with E-state index in [1.165, 1.54) is 6.07 Å². The van der Waals surface area contributed by atoms with Gasteiger partial charge in [-0.2, -0.15) is 0 Å². The van der Waals surface area contributed by atoms with Crippen molar-refractivity contribution in [2.24, 2.45) is 0 Å². The lowest BCUT2D eigenvalue weighted by atomic mass is 10.1. The molecule has 1 aromatic rings. The Labute approximate surface area is 85.3 Å². The molecule has 1 aromatic carbocycles. The van der Waals surface area contributed by atoms with E-state index in [2.05, 4.69) is 19.2 Å². The van der Waals surface area contributed by atoms with E-state index in [9.17, 15) is 4.39 Å². The zero-order valence-electron chi connectivity index (χ0n) is 9.10. The van der Waals surface area contributed by atoms with Crippen molar-refractivity contribution in [2.45, 2.75) is 39.7 Å². The summed E-state index contributed by atoms with van der Waals surface area (Å²) in [6.45, 7) is 6.08. The second-order valence-corrected chi connectivity index (χ2v) is 3.57. The molecule has 0 saturated heterocycles. The number of benzene rings is 1. The van der Waals surface area contributed by atoms with Crippen LogP contribution in [0.25, 0.3) is 0 Å². The molecule has 14 heavy (non-hydrogen) atoms. The highest BCUT2D eigenvalue weighted by Crippen LogP contribution is 2.19. The Hall–Kier alpha value is -1.05. The molecule has 1 rings (SSSR count). The highest BCUT2D eigenvalue weighted by Gasteiger charge is 2.07. The second-order valence-electron chi connectivity index (χ2n) is 3.57. The molecule has 0 atom stereocenters. The Balaban J connectivity index is 2.80. The number of rotatable bonds is 4. The Morgan fingerprint density at radius 3 is 2.50 bits per heavy atom. The first-order valence-electron chi connectivity index (χ1n) is 5.20. The maximum Gasteiger partial charge on any atom is 0.128 e. The number of hydrogen-bond donors (Lipinski definition) is 1. The first-order chi connectivity index (χ1) is 6.69. The fourth-order valence-electron chi connectivity index (χ4n) is 1.48. The summed E-state index contributed by atoms with van der Waals surface area (Å²) in [7, 11) is 0. The lowest BCUT2D eigenvalue weighted by Crippen LogP contribution is -2.17. The minimum atomic E-state index is -0.138. The molecule has 0 aliphatic carbocycles. The topological polar surface area (TPSA) is 12.0 Å². The van der Waals surface area contributed by atoms with Crippen LogP contribution in [-0.4, -0.2) is 6.04 Å². The Kier molecular flexibility index (Phi) is 3.93. The van der Waals surface area contributed by atoms with Crippen molar-refractivity contribution in [1.82, 2.24) is 0 Å². The van der Waals surface area contributed by atoms with Crippen LogP contribution in [0.5, 0.6) is 0 Å².